The first-order valence-corrected chi connectivity index (χ1v) is 28.6. The van der Waals surface area contributed by atoms with Crippen LogP contribution < -0.4 is 31.1 Å². The Bertz CT molecular complexity index is 3790. The van der Waals surface area contributed by atoms with E-state index in [9.17, 15) is 0 Å². The predicted octanol–water partition coefficient (Wildman–Crippen LogP) is 18.5. The van der Waals surface area contributed by atoms with E-state index < -0.39 is 0 Å². The van der Waals surface area contributed by atoms with E-state index in [2.05, 4.69) is 292 Å². The highest BCUT2D eigenvalue weighted by atomic mass is 15.2. The average Bonchev–Trinajstić information content (AvgIpc) is 3.80. The summed E-state index contributed by atoms with van der Waals surface area (Å²) in [6.07, 6.45) is 3.37. The molecular formula is C74H74BN3. The smallest absolute Gasteiger partial charge is 0.252 e. The van der Waals surface area contributed by atoms with Gasteiger partial charge in [-0.15, -0.1) is 0 Å². The van der Waals surface area contributed by atoms with Crippen LogP contribution in [0, 0.1) is 6.92 Å². The Morgan fingerprint density at radius 2 is 0.859 bits per heavy atom. The number of rotatable bonds is 7. The summed E-state index contributed by atoms with van der Waals surface area (Å²) >= 11 is 0. The predicted molar refractivity (Wildman–Crippen MR) is 335 cm³/mol. The summed E-state index contributed by atoms with van der Waals surface area (Å²) in [6, 6.07) is 74.4. The molecule has 0 saturated carbocycles. The lowest BCUT2D eigenvalue weighted by atomic mass is 9.33. The van der Waals surface area contributed by atoms with Gasteiger partial charge in [-0.05, 0) is 186 Å². The highest BCUT2D eigenvalue weighted by molar-refractivity contribution is 7.00. The van der Waals surface area contributed by atoms with E-state index in [-0.39, 0.29) is 33.8 Å². The number of para-hydroxylation sites is 2. The van der Waals surface area contributed by atoms with Gasteiger partial charge < -0.3 is 14.7 Å². The van der Waals surface area contributed by atoms with E-state index >= 15 is 0 Å². The Labute approximate surface area is 465 Å². The van der Waals surface area contributed by atoms with Crippen molar-refractivity contribution in [1.29, 1.82) is 0 Å². The summed E-state index contributed by atoms with van der Waals surface area (Å²) in [7, 11) is 0. The minimum Gasteiger partial charge on any atom is -0.311 e. The van der Waals surface area contributed by atoms with Gasteiger partial charge in [0.1, 0.15) is 0 Å². The Hall–Kier alpha value is -7.56. The van der Waals surface area contributed by atoms with Crippen molar-refractivity contribution in [1.82, 2.24) is 0 Å². The molecule has 4 aliphatic rings. The quantitative estimate of drug-likeness (QED) is 0.147. The van der Waals surface area contributed by atoms with Crippen molar-refractivity contribution in [3.63, 3.8) is 0 Å². The van der Waals surface area contributed by atoms with Crippen LogP contribution in [0.4, 0.5) is 51.2 Å². The molecule has 0 amide bonds. The largest absolute Gasteiger partial charge is 0.311 e. The third-order valence-electron chi connectivity index (χ3n) is 18.5. The molecule has 0 radical (unpaired) electrons. The van der Waals surface area contributed by atoms with Gasteiger partial charge in [-0.25, -0.2) is 0 Å². The van der Waals surface area contributed by atoms with Crippen LogP contribution in [-0.4, -0.2) is 6.71 Å². The molecular weight excluding hydrogens is 942 g/mol. The highest BCUT2D eigenvalue weighted by Crippen LogP contribution is 2.56. The molecule has 13 rings (SSSR count). The van der Waals surface area contributed by atoms with E-state index in [4.69, 9.17) is 0 Å². The molecule has 2 heterocycles. The number of hydrogen-bond donors (Lipinski definition) is 0. The zero-order valence-corrected chi connectivity index (χ0v) is 48.0. The molecule has 0 N–H and O–H groups in total. The van der Waals surface area contributed by atoms with Crippen LogP contribution in [-0.2, 0) is 27.1 Å². The SMILES string of the molecule is Cc1ccc(-c2ccccc2)cc1N1c2cc3c(cc2B2c4cc5c(cc4N(c4ccc(C(C)(C)C)cc4-c4ccccc4)c4cc(N(c6ccccc6)c6ccccc6)cc1c42)C(C)(C)CC5(C)C)C(C)(C)CCC3(C)C. The molecule has 9 aromatic carbocycles. The summed E-state index contributed by atoms with van der Waals surface area (Å²) in [5.74, 6) is 0. The van der Waals surface area contributed by atoms with Gasteiger partial charge in [0.05, 0.1) is 11.4 Å². The standard InChI is InChI=1S/C74H74BN3/c1-48-33-34-51(49-25-17-13-18-26-49)39-64(48)78-66-45-59-57(71(5,6)37-38-72(59,7)8)43-61(66)75-62-44-58-60(74(11,12)47-73(58,9)10)46-65(62)77(63-36-35-52(70(2,3)4)40-56(63)50-27-19-14-20-28-50)67-41-55(42-68(78)69(67)75)76(53-29-21-15-22-30-53)54-31-23-16-24-32-54/h13-36,39-46H,37-38,47H2,1-12H3. The number of anilines is 9. The Kier molecular flexibility index (Phi) is 11.4. The zero-order valence-electron chi connectivity index (χ0n) is 48.0. The molecule has 3 nitrogen and oxygen atoms in total. The number of aryl methyl sites for hydroxylation is 1. The molecule has 0 fully saturated rings. The molecule has 0 spiro atoms. The van der Waals surface area contributed by atoms with Gasteiger partial charge in [0.2, 0.25) is 0 Å². The van der Waals surface area contributed by atoms with Crippen molar-refractivity contribution in [3.8, 4) is 22.3 Å². The molecule has 0 bridgehead atoms. The maximum absolute atomic E-state index is 2.71. The van der Waals surface area contributed by atoms with Crippen LogP contribution in [0.1, 0.15) is 129 Å². The molecule has 9 aromatic rings. The first-order valence-electron chi connectivity index (χ1n) is 28.6. The summed E-state index contributed by atoms with van der Waals surface area (Å²) in [5, 5.41) is 0. The third-order valence-corrected chi connectivity index (χ3v) is 18.5. The van der Waals surface area contributed by atoms with Crippen LogP contribution in [0.3, 0.4) is 0 Å². The van der Waals surface area contributed by atoms with Gasteiger partial charge in [0.15, 0.2) is 0 Å². The lowest BCUT2D eigenvalue weighted by molar-refractivity contribution is 0.332. The van der Waals surface area contributed by atoms with Crippen molar-refractivity contribution in [2.75, 3.05) is 14.7 Å². The second kappa shape index (κ2) is 17.7. The molecule has 2 aliphatic heterocycles. The van der Waals surface area contributed by atoms with Gasteiger partial charge in [-0.2, -0.15) is 0 Å². The third kappa shape index (κ3) is 7.99. The lowest BCUT2D eigenvalue weighted by Gasteiger charge is -2.48. The first-order chi connectivity index (χ1) is 37.2. The fourth-order valence-corrected chi connectivity index (χ4v) is 14.5. The molecule has 0 saturated heterocycles. The number of benzene rings is 9. The number of hydrogen-bond acceptors (Lipinski definition) is 3. The fourth-order valence-electron chi connectivity index (χ4n) is 14.5. The second-order valence-corrected chi connectivity index (χ2v) is 26.8. The summed E-state index contributed by atoms with van der Waals surface area (Å²) in [5.41, 5.74) is 28.0. The summed E-state index contributed by atoms with van der Waals surface area (Å²) < 4.78 is 0. The monoisotopic (exact) mass is 1020 g/mol. The van der Waals surface area contributed by atoms with Crippen LogP contribution in [0.25, 0.3) is 22.3 Å². The first kappa shape index (κ1) is 50.0. The minimum atomic E-state index is -0.0639. The van der Waals surface area contributed by atoms with Crippen LogP contribution in [0.5, 0.6) is 0 Å². The van der Waals surface area contributed by atoms with Gasteiger partial charge in [-0.1, -0.05) is 204 Å². The summed E-state index contributed by atoms with van der Waals surface area (Å²) in [4.78, 5) is 7.89. The van der Waals surface area contributed by atoms with Crippen molar-refractivity contribution >= 4 is 74.3 Å². The van der Waals surface area contributed by atoms with Crippen molar-refractivity contribution in [2.45, 2.75) is 129 Å². The molecule has 2 aliphatic carbocycles. The van der Waals surface area contributed by atoms with E-state index in [1.807, 2.05) is 0 Å². The fraction of sp³-hybridized carbons (Fsp3) is 0.270. The molecule has 0 atom stereocenters. The summed E-state index contributed by atoms with van der Waals surface area (Å²) in [6.45, 7) is 29.2. The number of nitrogens with zero attached hydrogens (tertiary/aromatic N) is 3. The Morgan fingerprint density at radius 1 is 0.397 bits per heavy atom. The van der Waals surface area contributed by atoms with Crippen molar-refractivity contribution < 1.29 is 0 Å². The van der Waals surface area contributed by atoms with Crippen LogP contribution in [0.15, 0.2) is 194 Å². The van der Waals surface area contributed by atoms with E-state index in [1.165, 1.54) is 106 Å². The molecule has 0 aromatic heterocycles. The topological polar surface area (TPSA) is 9.72 Å². The van der Waals surface area contributed by atoms with E-state index in [0.717, 1.165) is 36.3 Å². The maximum atomic E-state index is 2.71. The normalized spacial score (nSPS) is 16.9. The Morgan fingerprint density at radius 3 is 1.38 bits per heavy atom. The van der Waals surface area contributed by atoms with Crippen LogP contribution in [0.2, 0.25) is 0 Å². The number of fused-ring (bicyclic) bond motifs is 6. The Balaban J connectivity index is 1.23. The van der Waals surface area contributed by atoms with Gasteiger partial charge in [-0.3, -0.25) is 0 Å². The minimum absolute atomic E-state index is 0.000440. The van der Waals surface area contributed by atoms with Gasteiger partial charge in [0, 0.05) is 45.4 Å². The molecule has 4 heteroatoms. The molecule has 78 heavy (non-hydrogen) atoms. The van der Waals surface area contributed by atoms with Crippen LogP contribution >= 0.6 is 0 Å². The van der Waals surface area contributed by atoms with Gasteiger partial charge in [0.25, 0.3) is 6.71 Å². The molecule has 0 unspecified atom stereocenters. The van der Waals surface area contributed by atoms with E-state index in [1.54, 1.807) is 0 Å². The second-order valence-electron chi connectivity index (χ2n) is 26.8. The molecule has 388 valence electrons. The van der Waals surface area contributed by atoms with Crippen molar-refractivity contribution in [3.05, 3.63) is 228 Å². The average molecular weight is 1020 g/mol. The zero-order chi connectivity index (χ0) is 54.3. The van der Waals surface area contributed by atoms with E-state index in [0.29, 0.717) is 0 Å². The highest BCUT2D eigenvalue weighted by Gasteiger charge is 2.50. The van der Waals surface area contributed by atoms with Gasteiger partial charge >= 0.3 is 0 Å². The lowest BCUT2D eigenvalue weighted by Crippen LogP contribution is -2.62. The van der Waals surface area contributed by atoms with Crippen molar-refractivity contribution in [2.24, 2.45) is 0 Å². The maximum Gasteiger partial charge on any atom is 0.252 e.